The van der Waals surface area contributed by atoms with E-state index < -0.39 is 16.6 Å². The second-order valence-electron chi connectivity index (χ2n) is 5.83. The lowest BCUT2D eigenvalue weighted by Crippen LogP contribution is -2.34. The van der Waals surface area contributed by atoms with Crippen LogP contribution in [-0.4, -0.2) is 28.7 Å². The van der Waals surface area contributed by atoms with Crippen molar-refractivity contribution in [3.8, 4) is 0 Å². The molecule has 0 aliphatic carbocycles. The average Bonchev–Trinajstić information content (AvgIpc) is 1.73. The summed E-state index contributed by atoms with van der Waals surface area (Å²) in [5.41, 5.74) is 0. The fourth-order valence-corrected chi connectivity index (χ4v) is 3.32. The Bertz CT molecular complexity index is 216. The lowest BCUT2D eigenvalue weighted by Gasteiger charge is -2.24. The van der Waals surface area contributed by atoms with Gasteiger partial charge in [-0.1, -0.05) is 0 Å². The van der Waals surface area contributed by atoms with Crippen molar-refractivity contribution < 1.29 is 13.6 Å². The van der Waals surface area contributed by atoms with E-state index >= 15 is 0 Å². The Labute approximate surface area is 95.4 Å². The maximum atomic E-state index is 11.5. The van der Waals surface area contributed by atoms with E-state index in [0.717, 1.165) is 0 Å². The largest absolute Gasteiger partial charge is 0.520 e. The van der Waals surface area contributed by atoms with Crippen LogP contribution in [0.25, 0.3) is 0 Å². The van der Waals surface area contributed by atoms with Crippen LogP contribution in [0.15, 0.2) is 0 Å². The van der Waals surface area contributed by atoms with Gasteiger partial charge in [0.2, 0.25) is 8.32 Å². The summed E-state index contributed by atoms with van der Waals surface area (Å²) in [6.07, 6.45) is 0.342. The van der Waals surface area contributed by atoms with Gasteiger partial charge in [0.25, 0.3) is 5.97 Å². The summed E-state index contributed by atoms with van der Waals surface area (Å²) >= 11 is 0. The van der Waals surface area contributed by atoms with Crippen LogP contribution in [0.5, 0.6) is 0 Å². The topological polar surface area (TPSA) is 35.5 Å². The summed E-state index contributed by atoms with van der Waals surface area (Å²) < 4.78 is 11.1. The lowest BCUT2D eigenvalue weighted by molar-refractivity contribution is -0.136. The first-order valence-electron chi connectivity index (χ1n) is 5.39. The van der Waals surface area contributed by atoms with Gasteiger partial charge >= 0.3 is 0 Å². The summed E-state index contributed by atoms with van der Waals surface area (Å²) in [7, 11) is -3.28. The molecule has 5 heteroatoms. The first-order chi connectivity index (χ1) is 6.49. The zero-order valence-electron chi connectivity index (χ0n) is 11.0. The standard InChI is InChI=1S/C10H24O3Si2/c1-9(12-14(2,3)4)8-10(11)13-15(5,6)7/h9H,8H2,1-7H3/t9-/m1/s1. The fourth-order valence-electron chi connectivity index (χ4n) is 1.26. The molecule has 0 aromatic heterocycles. The molecule has 0 aliphatic rings. The van der Waals surface area contributed by atoms with Crippen molar-refractivity contribution in [2.24, 2.45) is 0 Å². The Balaban J connectivity index is 3.98. The number of carbonyl (C=O) groups excluding carboxylic acids is 1. The van der Waals surface area contributed by atoms with Gasteiger partial charge in [0.05, 0.1) is 12.5 Å². The van der Waals surface area contributed by atoms with Crippen LogP contribution in [0.4, 0.5) is 0 Å². The van der Waals surface area contributed by atoms with Crippen LogP contribution < -0.4 is 0 Å². The molecule has 0 bridgehead atoms. The molecular formula is C10H24O3Si2. The number of hydrogen-bond donors (Lipinski definition) is 0. The Hall–Kier alpha value is -0.136. The third kappa shape index (κ3) is 10.2. The minimum Gasteiger partial charge on any atom is -0.520 e. The summed E-state index contributed by atoms with van der Waals surface area (Å²) in [5.74, 6) is -0.125. The minimum atomic E-state index is -1.74. The summed E-state index contributed by atoms with van der Waals surface area (Å²) in [5, 5.41) is 0. The van der Waals surface area contributed by atoms with Gasteiger partial charge in [-0.15, -0.1) is 0 Å². The molecule has 1 atom stereocenters. The quantitative estimate of drug-likeness (QED) is 0.702. The molecule has 90 valence electrons. The maximum Gasteiger partial charge on any atom is 0.295 e. The lowest BCUT2D eigenvalue weighted by atomic mass is 10.3. The Morgan fingerprint density at radius 3 is 1.87 bits per heavy atom. The molecule has 0 aromatic rings. The van der Waals surface area contributed by atoms with Crippen LogP contribution in [0.2, 0.25) is 39.3 Å². The molecule has 3 nitrogen and oxygen atoms in total. The fraction of sp³-hybridized carbons (Fsp3) is 0.900. The van der Waals surface area contributed by atoms with E-state index in [-0.39, 0.29) is 12.1 Å². The van der Waals surface area contributed by atoms with Crippen molar-refractivity contribution in [3.63, 3.8) is 0 Å². The molecule has 0 rings (SSSR count). The van der Waals surface area contributed by atoms with Crippen LogP contribution in [0.1, 0.15) is 13.3 Å². The van der Waals surface area contributed by atoms with Gasteiger partial charge in [-0.3, -0.25) is 4.79 Å². The molecule has 0 fully saturated rings. The van der Waals surface area contributed by atoms with Gasteiger partial charge in [0.1, 0.15) is 0 Å². The molecule has 0 heterocycles. The summed E-state index contributed by atoms with van der Waals surface area (Å²) in [4.78, 5) is 11.5. The maximum absolute atomic E-state index is 11.5. The first-order valence-corrected chi connectivity index (χ1v) is 12.2. The van der Waals surface area contributed by atoms with E-state index in [1.165, 1.54) is 0 Å². The van der Waals surface area contributed by atoms with E-state index in [1.54, 1.807) is 0 Å². The Kier molecular flexibility index (Phi) is 5.22. The van der Waals surface area contributed by atoms with Gasteiger partial charge in [0, 0.05) is 0 Å². The number of hydrogen-bond acceptors (Lipinski definition) is 3. The third-order valence-corrected chi connectivity index (χ3v) is 3.38. The molecule has 0 unspecified atom stereocenters. The van der Waals surface area contributed by atoms with E-state index in [4.69, 9.17) is 8.85 Å². The first kappa shape index (κ1) is 14.9. The SMILES string of the molecule is C[C@H](CC(=O)O[Si](C)(C)C)O[Si](C)(C)C. The zero-order valence-corrected chi connectivity index (χ0v) is 13.0. The van der Waals surface area contributed by atoms with E-state index in [0.29, 0.717) is 6.42 Å². The van der Waals surface area contributed by atoms with Gasteiger partial charge < -0.3 is 8.85 Å². The summed E-state index contributed by atoms with van der Waals surface area (Å²) in [6.45, 7) is 14.3. The smallest absolute Gasteiger partial charge is 0.295 e. The molecule has 0 aromatic carbocycles. The molecule has 0 saturated carbocycles. The highest BCUT2D eigenvalue weighted by Crippen LogP contribution is 2.12. The monoisotopic (exact) mass is 248 g/mol. The molecule has 0 N–H and O–H groups in total. The normalized spacial score (nSPS) is 14.9. The molecule has 0 amide bonds. The molecule has 0 spiro atoms. The predicted molar refractivity (Wildman–Crippen MR) is 67.9 cm³/mol. The van der Waals surface area contributed by atoms with Crippen LogP contribution >= 0.6 is 0 Å². The average molecular weight is 248 g/mol. The third-order valence-electron chi connectivity index (χ3n) is 1.43. The second kappa shape index (κ2) is 5.27. The molecule has 0 radical (unpaired) electrons. The highest BCUT2D eigenvalue weighted by Gasteiger charge is 2.24. The molecule has 15 heavy (non-hydrogen) atoms. The van der Waals surface area contributed by atoms with E-state index in [1.807, 2.05) is 26.6 Å². The number of rotatable bonds is 5. The zero-order chi connectivity index (χ0) is 12.3. The van der Waals surface area contributed by atoms with Gasteiger partial charge in [0.15, 0.2) is 8.32 Å². The van der Waals surface area contributed by atoms with Crippen molar-refractivity contribution in [2.75, 3.05) is 0 Å². The molecule has 0 aliphatic heterocycles. The van der Waals surface area contributed by atoms with Gasteiger partial charge in [-0.05, 0) is 46.2 Å². The van der Waals surface area contributed by atoms with Crippen LogP contribution in [-0.2, 0) is 13.6 Å². The van der Waals surface area contributed by atoms with Crippen molar-refractivity contribution >= 4 is 22.6 Å². The Morgan fingerprint density at radius 1 is 1.07 bits per heavy atom. The Morgan fingerprint density at radius 2 is 1.53 bits per heavy atom. The van der Waals surface area contributed by atoms with Crippen molar-refractivity contribution in [2.45, 2.75) is 58.7 Å². The minimum absolute atomic E-state index is 0.0273. The highest BCUT2D eigenvalue weighted by atomic mass is 28.4. The predicted octanol–water partition coefficient (Wildman–Crippen LogP) is 2.99. The van der Waals surface area contributed by atoms with Crippen molar-refractivity contribution in [1.29, 1.82) is 0 Å². The molecular weight excluding hydrogens is 224 g/mol. The van der Waals surface area contributed by atoms with Crippen molar-refractivity contribution in [3.05, 3.63) is 0 Å². The van der Waals surface area contributed by atoms with Crippen molar-refractivity contribution in [1.82, 2.24) is 0 Å². The summed E-state index contributed by atoms with van der Waals surface area (Å²) in [6, 6.07) is 0. The van der Waals surface area contributed by atoms with E-state index in [9.17, 15) is 4.79 Å². The van der Waals surface area contributed by atoms with Gasteiger partial charge in [-0.25, -0.2) is 0 Å². The van der Waals surface area contributed by atoms with E-state index in [2.05, 4.69) is 19.6 Å². The second-order valence-corrected chi connectivity index (χ2v) is 14.7. The van der Waals surface area contributed by atoms with Gasteiger partial charge in [-0.2, -0.15) is 0 Å². The van der Waals surface area contributed by atoms with Crippen LogP contribution in [0, 0.1) is 0 Å². The number of carbonyl (C=O) groups is 1. The molecule has 0 saturated heterocycles. The van der Waals surface area contributed by atoms with Crippen LogP contribution in [0.3, 0.4) is 0 Å². The highest BCUT2D eigenvalue weighted by molar-refractivity contribution is 6.71.